The Morgan fingerprint density at radius 2 is 2.06 bits per heavy atom. The number of piperidine rings is 1. The van der Waals surface area contributed by atoms with Crippen LogP contribution < -0.4 is 5.32 Å². The first-order chi connectivity index (χ1) is 14.8. The van der Waals surface area contributed by atoms with Crippen LogP contribution in [-0.4, -0.2) is 82.9 Å². The third-order valence-corrected chi connectivity index (χ3v) is 7.22. The van der Waals surface area contributed by atoms with Gasteiger partial charge in [-0.3, -0.25) is 14.8 Å². The minimum Gasteiger partial charge on any atom is -0.379 e. The van der Waals surface area contributed by atoms with Gasteiger partial charge in [0.25, 0.3) is 5.82 Å². The number of H-pyrrole nitrogens is 1. The van der Waals surface area contributed by atoms with Crippen LogP contribution in [0, 0.1) is 11.3 Å². The van der Waals surface area contributed by atoms with Crippen molar-refractivity contribution >= 4 is 5.91 Å². The van der Waals surface area contributed by atoms with Gasteiger partial charge in [0.1, 0.15) is 5.82 Å². The Hall–Kier alpha value is -1.72. The van der Waals surface area contributed by atoms with E-state index in [-0.39, 0.29) is 24.2 Å². The summed E-state index contributed by atoms with van der Waals surface area (Å²) in [6, 6.07) is 0.464. The average molecular weight is 445 g/mol. The number of nitrogens with one attached hydrogen (secondary N) is 2. The largest absolute Gasteiger partial charge is 0.453 e. The number of hydrogen-bond acceptors (Lipinski definition) is 6. The number of likely N-dealkylation sites (tertiary alicyclic amines) is 1. The molecule has 0 spiro atoms. The van der Waals surface area contributed by atoms with Gasteiger partial charge >= 0.3 is 6.18 Å². The van der Waals surface area contributed by atoms with Crippen molar-refractivity contribution in [1.29, 1.82) is 0 Å². The second kappa shape index (κ2) is 9.03. The summed E-state index contributed by atoms with van der Waals surface area (Å²) >= 11 is 0. The summed E-state index contributed by atoms with van der Waals surface area (Å²) in [4.78, 5) is 21.7. The van der Waals surface area contributed by atoms with Gasteiger partial charge in [0.05, 0.1) is 25.2 Å². The molecule has 11 heteroatoms. The summed E-state index contributed by atoms with van der Waals surface area (Å²) in [5.74, 6) is -1.02. The zero-order chi connectivity index (χ0) is 22.1. The Morgan fingerprint density at radius 1 is 1.29 bits per heavy atom. The van der Waals surface area contributed by atoms with Crippen LogP contribution in [0.5, 0.6) is 0 Å². The summed E-state index contributed by atoms with van der Waals surface area (Å²) in [6.45, 7) is 7.94. The highest BCUT2D eigenvalue weighted by atomic mass is 19.4. The first kappa shape index (κ1) is 22.5. The van der Waals surface area contributed by atoms with Gasteiger partial charge in [0.2, 0.25) is 5.91 Å². The number of fused-ring (bicyclic) bond motifs is 1. The van der Waals surface area contributed by atoms with E-state index in [9.17, 15) is 18.0 Å². The molecular weight excluding hydrogens is 413 g/mol. The zero-order valence-corrected chi connectivity index (χ0v) is 17.9. The molecule has 31 heavy (non-hydrogen) atoms. The van der Waals surface area contributed by atoms with Gasteiger partial charge in [0, 0.05) is 25.7 Å². The van der Waals surface area contributed by atoms with E-state index in [1.54, 1.807) is 0 Å². The lowest BCUT2D eigenvalue weighted by Gasteiger charge is -2.53. The summed E-state index contributed by atoms with van der Waals surface area (Å²) in [5, 5.41) is 8.36. The number of nitrogens with zero attached hydrogens (tertiary/aromatic N) is 4. The van der Waals surface area contributed by atoms with Crippen LogP contribution in [0.25, 0.3) is 0 Å². The molecule has 0 bridgehead atoms. The molecule has 3 atom stereocenters. The number of aromatic amines is 1. The van der Waals surface area contributed by atoms with E-state index in [0.717, 1.165) is 65.1 Å². The van der Waals surface area contributed by atoms with Gasteiger partial charge in [-0.05, 0) is 44.7 Å². The predicted octanol–water partition coefficient (Wildman–Crippen LogP) is 1.65. The summed E-state index contributed by atoms with van der Waals surface area (Å²) in [5.41, 5.74) is -0.510. The van der Waals surface area contributed by atoms with Gasteiger partial charge in [-0.15, -0.1) is 5.10 Å². The fraction of sp³-hybridized carbons (Fsp3) is 0.850. The normalized spacial score (nSPS) is 30.7. The molecule has 0 unspecified atom stereocenters. The second-order valence-electron chi connectivity index (χ2n) is 8.87. The van der Waals surface area contributed by atoms with Crippen molar-refractivity contribution in [1.82, 2.24) is 30.3 Å². The van der Waals surface area contributed by atoms with Gasteiger partial charge in [-0.2, -0.15) is 13.2 Å². The fourth-order valence-corrected chi connectivity index (χ4v) is 5.48. The van der Waals surface area contributed by atoms with E-state index < -0.39 is 17.4 Å². The molecule has 1 aliphatic carbocycles. The number of alkyl halides is 3. The molecule has 0 aromatic carbocycles. The lowest BCUT2D eigenvalue weighted by Crippen LogP contribution is -2.60. The molecule has 1 aromatic rings. The Morgan fingerprint density at radius 3 is 2.74 bits per heavy atom. The van der Waals surface area contributed by atoms with Crippen molar-refractivity contribution in [2.24, 2.45) is 11.3 Å². The Balaban J connectivity index is 1.44. The maximum absolute atomic E-state index is 13.4. The van der Waals surface area contributed by atoms with Crippen molar-refractivity contribution < 1.29 is 22.7 Å². The molecule has 3 heterocycles. The van der Waals surface area contributed by atoms with Crippen LogP contribution in [0.1, 0.15) is 44.3 Å². The molecule has 1 aromatic heterocycles. The molecule has 8 nitrogen and oxygen atoms in total. The quantitative estimate of drug-likeness (QED) is 0.719. The van der Waals surface area contributed by atoms with Crippen molar-refractivity contribution in [3.05, 3.63) is 11.6 Å². The van der Waals surface area contributed by atoms with E-state index in [0.29, 0.717) is 12.6 Å². The van der Waals surface area contributed by atoms with Crippen LogP contribution in [0.4, 0.5) is 13.2 Å². The smallest absolute Gasteiger partial charge is 0.379 e. The van der Waals surface area contributed by atoms with Gasteiger partial charge in [0.15, 0.2) is 0 Å². The number of morpholine rings is 1. The van der Waals surface area contributed by atoms with Gasteiger partial charge in [-0.1, -0.05) is 6.92 Å². The number of rotatable bonds is 5. The maximum Gasteiger partial charge on any atom is 0.453 e. The van der Waals surface area contributed by atoms with Crippen LogP contribution in [-0.2, 0) is 22.3 Å². The summed E-state index contributed by atoms with van der Waals surface area (Å²) in [6.07, 6.45) is -0.937. The molecule has 2 N–H and O–H groups in total. The molecule has 1 saturated carbocycles. The van der Waals surface area contributed by atoms with E-state index in [1.807, 2.05) is 0 Å². The minimum absolute atomic E-state index is 0.0128. The molecule has 174 valence electrons. The van der Waals surface area contributed by atoms with Crippen molar-refractivity contribution in [3.8, 4) is 0 Å². The predicted molar refractivity (Wildman–Crippen MR) is 106 cm³/mol. The lowest BCUT2D eigenvalue weighted by atomic mass is 9.61. The highest BCUT2D eigenvalue weighted by molar-refractivity contribution is 5.83. The van der Waals surface area contributed by atoms with Gasteiger partial charge < -0.3 is 15.0 Å². The Labute approximate surface area is 179 Å². The highest BCUT2D eigenvalue weighted by Crippen LogP contribution is 2.47. The standard InChI is InChI=1S/C20H31F3N6O2/c1-2-28-6-4-14-11-15(29-7-9-31-10-8-29)3-5-19(14,13-28)18(30)24-12-16-25-17(27-26-16)20(21,22)23/h14-15H,2-13H2,1H3,(H,24,30)(H,25,26,27)/t14-,15+,19-/m1/s1. The molecule has 2 saturated heterocycles. The fourth-order valence-electron chi connectivity index (χ4n) is 5.48. The molecule has 0 radical (unpaired) electrons. The van der Waals surface area contributed by atoms with E-state index in [2.05, 4.69) is 37.2 Å². The number of amides is 1. The first-order valence-electron chi connectivity index (χ1n) is 11.1. The van der Waals surface area contributed by atoms with Crippen LogP contribution >= 0.6 is 0 Å². The molecule has 3 fully saturated rings. The van der Waals surface area contributed by atoms with Crippen molar-refractivity contribution in [3.63, 3.8) is 0 Å². The number of ether oxygens (including phenoxy) is 1. The molecular formula is C20H31F3N6O2. The van der Waals surface area contributed by atoms with E-state index in [4.69, 9.17) is 4.74 Å². The summed E-state index contributed by atoms with van der Waals surface area (Å²) < 4.78 is 43.7. The average Bonchev–Trinajstić information content (AvgIpc) is 3.27. The van der Waals surface area contributed by atoms with E-state index >= 15 is 0 Å². The zero-order valence-electron chi connectivity index (χ0n) is 17.9. The molecule has 2 aliphatic heterocycles. The Bertz CT molecular complexity index is 766. The SMILES string of the molecule is CCN1CC[C@@H]2C[C@@H](N3CCOCC3)CC[C@@]2(C(=O)NCc2nc(C(F)(F)F)n[nH]2)C1. The van der Waals surface area contributed by atoms with Crippen molar-refractivity contribution in [2.75, 3.05) is 45.9 Å². The Kier molecular flexibility index (Phi) is 6.55. The lowest BCUT2D eigenvalue weighted by molar-refractivity contribution is -0.145. The maximum atomic E-state index is 13.4. The molecule has 4 rings (SSSR count). The third-order valence-electron chi connectivity index (χ3n) is 7.22. The second-order valence-corrected chi connectivity index (χ2v) is 8.87. The molecule has 1 amide bonds. The van der Waals surface area contributed by atoms with Crippen LogP contribution in [0.15, 0.2) is 0 Å². The number of carbonyl (C=O) groups excluding carboxylic acids is 1. The molecule has 3 aliphatic rings. The number of halogens is 3. The van der Waals surface area contributed by atoms with Crippen LogP contribution in [0.2, 0.25) is 0 Å². The van der Waals surface area contributed by atoms with Gasteiger partial charge in [-0.25, -0.2) is 4.98 Å². The third kappa shape index (κ3) is 4.73. The highest BCUT2D eigenvalue weighted by Gasteiger charge is 2.52. The summed E-state index contributed by atoms with van der Waals surface area (Å²) in [7, 11) is 0. The number of carbonyl (C=O) groups is 1. The van der Waals surface area contributed by atoms with Crippen LogP contribution in [0.3, 0.4) is 0 Å². The number of hydrogen-bond donors (Lipinski definition) is 2. The topological polar surface area (TPSA) is 86.4 Å². The minimum atomic E-state index is -4.61. The number of aromatic nitrogens is 3. The van der Waals surface area contributed by atoms with E-state index in [1.165, 1.54) is 0 Å². The van der Waals surface area contributed by atoms with Crippen molar-refractivity contribution in [2.45, 2.75) is 51.4 Å². The monoisotopic (exact) mass is 444 g/mol. The first-order valence-corrected chi connectivity index (χ1v) is 11.1.